The van der Waals surface area contributed by atoms with Crippen LogP contribution in [0.4, 0.5) is 0 Å². The lowest BCUT2D eigenvalue weighted by atomic mass is 10.3. The van der Waals surface area contributed by atoms with Crippen molar-refractivity contribution in [1.82, 2.24) is 4.98 Å². The molecule has 6 heteroatoms. The second-order valence-corrected chi connectivity index (χ2v) is 4.76. The number of aromatic amines is 2. The van der Waals surface area contributed by atoms with Crippen molar-refractivity contribution in [2.45, 2.75) is 13.3 Å². The SMILES string of the molecule is CCCS(=O)(=O)[O-].c1ccc2[nH+]c[nH]c2c1. The van der Waals surface area contributed by atoms with Gasteiger partial charge in [-0.2, -0.15) is 0 Å². The fourth-order valence-corrected chi connectivity index (χ4v) is 1.68. The Bertz CT molecular complexity index is 503. The topological polar surface area (TPSA) is 87.1 Å². The predicted octanol–water partition coefficient (Wildman–Crippen LogP) is 0.924. The number of hydrogen-bond acceptors (Lipinski definition) is 3. The van der Waals surface area contributed by atoms with E-state index in [0.717, 1.165) is 11.0 Å². The average molecular weight is 242 g/mol. The summed E-state index contributed by atoms with van der Waals surface area (Å²) in [6.07, 6.45) is 2.23. The maximum Gasteiger partial charge on any atom is 0.240 e. The van der Waals surface area contributed by atoms with Crippen molar-refractivity contribution < 1.29 is 18.0 Å². The number of rotatable bonds is 2. The predicted molar refractivity (Wildman–Crippen MR) is 59.7 cm³/mol. The summed E-state index contributed by atoms with van der Waals surface area (Å²) in [6, 6.07) is 8.08. The molecule has 0 saturated carbocycles. The second-order valence-electron chi connectivity index (χ2n) is 3.24. The molecule has 88 valence electrons. The number of aromatic nitrogens is 2. The van der Waals surface area contributed by atoms with Gasteiger partial charge in [0.25, 0.3) is 0 Å². The van der Waals surface area contributed by atoms with Gasteiger partial charge in [-0.25, -0.2) is 18.4 Å². The molecule has 0 bridgehead atoms. The summed E-state index contributed by atoms with van der Waals surface area (Å²) in [5, 5.41) is 0. The number of nitrogens with one attached hydrogen (secondary N) is 2. The molecule has 2 N–H and O–H groups in total. The Morgan fingerprint density at radius 1 is 1.38 bits per heavy atom. The summed E-state index contributed by atoms with van der Waals surface area (Å²) in [5.41, 5.74) is 2.30. The lowest BCUT2D eigenvalue weighted by Gasteiger charge is -2.00. The van der Waals surface area contributed by atoms with Crippen molar-refractivity contribution >= 4 is 21.2 Å². The Morgan fingerprint density at radius 2 is 2.06 bits per heavy atom. The van der Waals surface area contributed by atoms with Crippen molar-refractivity contribution in [2.24, 2.45) is 0 Å². The molecule has 5 nitrogen and oxygen atoms in total. The minimum atomic E-state index is -3.92. The third kappa shape index (κ3) is 4.41. The number of benzene rings is 1. The van der Waals surface area contributed by atoms with Crippen LogP contribution in [0.15, 0.2) is 30.6 Å². The van der Waals surface area contributed by atoms with Crippen molar-refractivity contribution in [1.29, 1.82) is 0 Å². The number of H-pyrrole nitrogens is 2. The van der Waals surface area contributed by atoms with E-state index in [4.69, 9.17) is 0 Å². The van der Waals surface area contributed by atoms with E-state index in [1.54, 1.807) is 6.92 Å². The Morgan fingerprint density at radius 3 is 2.56 bits per heavy atom. The summed E-state index contributed by atoms with van der Waals surface area (Å²) in [4.78, 5) is 6.13. The van der Waals surface area contributed by atoms with Crippen LogP contribution >= 0.6 is 0 Å². The van der Waals surface area contributed by atoms with Crippen LogP contribution in [0, 0.1) is 0 Å². The molecule has 1 heterocycles. The zero-order chi connectivity index (χ0) is 12.0. The van der Waals surface area contributed by atoms with E-state index in [0.29, 0.717) is 6.42 Å². The number of hydrogen-bond donors (Lipinski definition) is 1. The molecule has 0 aliphatic heterocycles. The van der Waals surface area contributed by atoms with E-state index in [2.05, 4.69) is 9.97 Å². The maximum atomic E-state index is 9.68. The molecule has 0 radical (unpaired) electrons. The lowest BCUT2D eigenvalue weighted by molar-refractivity contribution is -0.344. The highest BCUT2D eigenvalue weighted by atomic mass is 32.2. The van der Waals surface area contributed by atoms with Gasteiger partial charge in [-0.3, -0.25) is 0 Å². The first kappa shape index (κ1) is 12.7. The van der Waals surface area contributed by atoms with Gasteiger partial charge in [-0.05, 0) is 18.6 Å². The Hall–Kier alpha value is -1.40. The summed E-state index contributed by atoms with van der Waals surface area (Å²) in [6.45, 7) is 1.65. The Kier molecular flexibility index (Phi) is 4.45. The zero-order valence-electron chi connectivity index (χ0n) is 8.93. The highest BCUT2D eigenvalue weighted by Gasteiger charge is 1.95. The quantitative estimate of drug-likeness (QED) is 0.794. The van der Waals surface area contributed by atoms with Gasteiger partial charge in [0.05, 0.1) is 10.1 Å². The zero-order valence-corrected chi connectivity index (χ0v) is 9.75. The fourth-order valence-electron chi connectivity index (χ4n) is 1.18. The lowest BCUT2D eigenvalue weighted by Crippen LogP contribution is -2.01. The highest BCUT2D eigenvalue weighted by Crippen LogP contribution is 2.01. The van der Waals surface area contributed by atoms with Gasteiger partial charge in [0, 0.05) is 5.75 Å². The molecule has 0 saturated heterocycles. The van der Waals surface area contributed by atoms with E-state index in [1.165, 1.54) is 0 Å². The third-order valence-electron chi connectivity index (χ3n) is 1.84. The monoisotopic (exact) mass is 242 g/mol. The molecule has 16 heavy (non-hydrogen) atoms. The van der Waals surface area contributed by atoms with Gasteiger partial charge in [0.1, 0.15) is 0 Å². The molecule has 0 fully saturated rings. The minimum Gasteiger partial charge on any atom is -0.748 e. The molecule has 2 aromatic rings. The molecule has 2 rings (SSSR count). The van der Waals surface area contributed by atoms with Crippen molar-refractivity contribution in [3.63, 3.8) is 0 Å². The largest absolute Gasteiger partial charge is 0.748 e. The Balaban J connectivity index is 0.000000168. The van der Waals surface area contributed by atoms with Crippen LogP contribution in [0.2, 0.25) is 0 Å². The molecule has 1 aromatic heterocycles. The Labute approximate surface area is 94.3 Å². The number of fused-ring (bicyclic) bond motifs is 1. The van der Waals surface area contributed by atoms with E-state index in [-0.39, 0.29) is 5.75 Å². The molecule has 1 aromatic carbocycles. The minimum absolute atomic E-state index is 0.243. The van der Waals surface area contributed by atoms with Gasteiger partial charge >= 0.3 is 0 Å². The van der Waals surface area contributed by atoms with Crippen molar-refractivity contribution in [3.8, 4) is 0 Å². The van der Waals surface area contributed by atoms with Gasteiger partial charge in [-0.1, -0.05) is 19.1 Å². The maximum absolute atomic E-state index is 9.68. The van der Waals surface area contributed by atoms with Gasteiger partial charge in [-0.15, -0.1) is 0 Å². The summed E-state index contributed by atoms with van der Waals surface area (Å²) >= 11 is 0. The van der Waals surface area contributed by atoms with Crippen LogP contribution in [0.3, 0.4) is 0 Å². The normalized spacial score (nSPS) is 10.9. The number of para-hydroxylation sites is 2. The third-order valence-corrected chi connectivity index (χ3v) is 2.74. The van der Waals surface area contributed by atoms with Crippen LogP contribution in [0.1, 0.15) is 13.3 Å². The van der Waals surface area contributed by atoms with Crippen LogP contribution in [0.25, 0.3) is 11.0 Å². The molecule has 0 amide bonds. The molecular weight excluding hydrogens is 228 g/mol. The number of imidazole rings is 1. The molecule has 0 aliphatic rings. The summed E-state index contributed by atoms with van der Waals surface area (Å²) < 4.78 is 29.0. The first-order valence-corrected chi connectivity index (χ1v) is 6.48. The van der Waals surface area contributed by atoms with Gasteiger partial charge < -0.3 is 4.55 Å². The van der Waals surface area contributed by atoms with Crippen LogP contribution in [-0.2, 0) is 10.1 Å². The smallest absolute Gasteiger partial charge is 0.240 e. The standard InChI is InChI=1S/C7H6N2.C3H8O3S/c1-2-4-7-6(3-1)8-5-9-7;1-2-3-7(4,5)6/h1-5H,(H,8,9);2-3H2,1H3,(H,4,5,6). The summed E-state index contributed by atoms with van der Waals surface area (Å²) in [7, 11) is -3.92. The fraction of sp³-hybridized carbons (Fsp3) is 0.300. The molecule has 0 atom stereocenters. The average Bonchev–Trinajstić information content (AvgIpc) is 2.64. The van der Waals surface area contributed by atoms with Crippen molar-refractivity contribution in [2.75, 3.05) is 5.75 Å². The van der Waals surface area contributed by atoms with Crippen LogP contribution in [-0.4, -0.2) is 23.7 Å². The molecule has 0 spiro atoms. The van der Waals surface area contributed by atoms with Gasteiger partial charge in [0.2, 0.25) is 6.33 Å². The van der Waals surface area contributed by atoms with Crippen molar-refractivity contribution in [3.05, 3.63) is 30.6 Å². The van der Waals surface area contributed by atoms with Crippen LogP contribution in [0.5, 0.6) is 0 Å². The highest BCUT2D eigenvalue weighted by molar-refractivity contribution is 7.85. The summed E-state index contributed by atoms with van der Waals surface area (Å²) in [5.74, 6) is -0.243. The molecule has 0 unspecified atom stereocenters. The first-order valence-electron chi connectivity index (χ1n) is 4.90. The van der Waals surface area contributed by atoms with E-state index < -0.39 is 10.1 Å². The first-order chi connectivity index (χ1) is 7.53. The van der Waals surface area contributed by atoms with Gasteiger partial charge in [0.15, 0.2) is 11.0 Å². The van der Waals surface area contributed by atoms with Crippen LogP contribution < -0.4 is 4.98 Å². The van der Waals surface area contributed by atoms with E-state index >= 15 is 0 Å². The second kappa shape index (κ2) is 5.62. The molecular formula is C10H14N2O3S. The van der Waals surface area contributed by atoms with E-state index in [1.807, 2.05) is 30.6 Å². The molecule has 0 aliphatic carbocycles. The van der Waals surface area contributed by atoms with E-state index in [9.17, 15) is 13.0 Å².